The number of aromatic nitrogens is 1. The van der Waals surface area contributed by atoms with Gasteiger partial charge in [0.05, 0.1) is 5.69 Å². The van der Waals surface area contributed by atoms with Crippen molar-refractivity contribution in [3.63, 3.8) is 0 Å². The number of benzene rings is 2. The van der Waals surface area contributed by atoms with Crippen LogP contribution in [-0.4, -0.2) is 4.98 Å². The first-order valence-corrected chi connectivity index (χ1v) is 6.52. The van der Waals surface area contributed by atoms with Crippen molar-refractivity contribution in [1.82, 2.24) is 4.98 Å². The summed E-state index contributed by atoms with van der Waals surface area (Å²) in [5.41, 5.74) is 4.61. The van der Waals surface area contributed by atoms with Crippen molar-refractivity contribution in [2.45, 2.75) is 6.92 Å². The molecule has 0 atom stereocenters. The molecule has 0 amide bonds. The van der Waals surface area contributed by atoms with Crippen LogP contribution in [0.3, 0.4) is 0 Å². The maximum atomic E-state index is 13.8. The van der Waals surface area contributed by atoms with Gasteiger partial charge in [0.1, 0.15) is 5.82 Å². The van der Waals surface area contributed by atoms with Crippen LogP contribution in [0.1, 0.15) is 5.56 Å². The number of nitrogens with zero attached hydrogens (tertiary/aromatic N) is 1. The number of hydrogen-bond donors (Lipinski definition) is 0. The zero-order valence-corrected chi connectivity index (χ0v) is 11.2. The van der Waals surface area contributed by atoms with Gasteiger partial charge in [-0.05, 0) is 36.2 Å². The summed E-state index contributed by atoms with van der Waals surface area (Å²) in [4.78, 5) is 4.36. The zero-order chi connectivity index (χ0) is 13.9. The molecule has 0 unspecified atom stereocenters. The summed E-state index contributed by atoms with van der Waals surface area (Å²) >= 11 is 0. The number of aryl methyl sites for hydroxylation is 1. The number of halogens is 1. The third-order valence-electron chi connectivity index (χ3n) is 3.35. The quantitative estimate of drug-likeness (QED) is 0.643. The van der Waals surface area contributed by atoms with Crippen LogP contribution in [0.4, 0.5) is 4.39 Å². The average molecular weight is 263 g/mol. The van der Waals surface area contributed by atoms with E-state index in [4.69, 9.17) is 0 Å². The Bertz CT molecular complexity index is 735. The summed E-state index contributed by atoms with van der Waals surface area (Å²) in [5, 5.41) is 0. The summed E-state index contributed by atoms with van der Waals surface area (Å²) in [7, 11) is 0. The number of rotatable bonds is 2. The highest BCUT2D eigenvalue weighted by atomic mass is 19.1. The topological polar surface area (TPSA) is 12.9 Å². The highest BCUT2D eigenvalue weighted by Crippen LogP contribution is 2.28. The van der Waals surface area contributed by atoms with Crippen LogP contribution >= 0.6 is 0 Å². The van der Waals surface area contributed by atoms with Gasteiger partial charge in [0.2, 0.25) is 0 Å². The van der Waals surface area contributed by atoms with Gasteiger partial charge >= 0.3 is 0 Å². The first-order chi connectivity index (χ1) is 9.75. The minimum Gasteiger partial charge on any atom is -0.256 e. The second kappa shape index (κ2) is 5.25. The Morgan fingerprint density at radius 3 is 2.35 bits per heavy atom. The van der Waals surface area contributed by atoms with Crippen molar-refractivity contribution in [3.8, 4) is 22.4 Å². The van der Waals surface area contributed by atoms with E-state index < -0.39 is 0 Å². The van der Waals surface area contributed by atoms with E-state index in [-0.39, 0.29) is 5.82 Å². The van der Waals surface area contributed by atoms with Crippen molar-refractivity contribution in [3.05, 3.63) is 78.2 Å². The van der Waals surface area contributed by atoms with E-state index in [1.165, 1.54) is 6.07 Å². The summed E-state index contributed by atoms with van der Waals surface area (Å²) in [5.74, 6) is -0.197. The Hall–Kier alpha value is -2.48. The van der Waals surface area contributed by atoms with Crippen molar-refractivity contribution in [2.75, 3.05) is 0 Å². The van der Waals surface area contributed by atoms with Crippen molar-refractivity contribution >= 4 is 0 Å². The van der Waals surface area contributed by atoms with E-state index in [0.717, 1.165) is 22.4 Å². The van der Waals surface area contributed by atoms with Gasteiger partial charge in [-0.1, -0.05) is 42.5 Å². The Morgan fingerprint density at radius 2 is 1.65 bits per heavy atom. The lowest BCUT2D eigenvalue weighted by molar-refractivity contribution is 0.631. The molecule has 0 saturated heterocycles. The molecule has 0 aliphatic rings. The Morgan fingerprint density at radius 1 is 0.850 bits per heavy atom. The lowest BCUT2D eigenvalue weighted by atomic mass is 9.98. The maximum absolute atomic E-state index is 13.8. The monoisotopic (exact) mass is 263 g/mol. The lowest BCUT2D eigenvalue weighted by Crippen LogP contribution is -1.89. The summed E-state index contributed by atoms with van der Waals surface area (Å²) in [6, 6.07) is 18.6. The summed E-state index contributed by atoms with van der Waals surface area (Å²) in [6.07, 6.45) is 1.78. The van der Waals surface area contributed by atoms with E-state index in [0.29, 0.717) is 5.56 Å². The molecule has 98 valence electrons. The van der Waals surface area contributed by atoms with E-state index in [2.05, 4.69) is 4.98 Å². The highest BCUT2D eigenvalue weighted by molar-refractivity contribution is 5.72. The normalized spacial score (nSPS) is 10.5. The second-order valence-electron chi connectivity index (χ2n) is 4.72. The molecule has 20 heavy (non-hydrogen) atoms. The standard InChI is InChI=1S/C18H14FN/c1-13-12-14(16-6-2-3-7-17(16)19)9-10-15(13)18-8-4-5-11-20-18/h2-12H,1H3. The van der Waals surface area contributed by atoms with E-state index >= 15 is 0 Å². The third-order valence-corrected chi connectivity index (χ3v) is 3.35. The molecule has 0 aliphatic heterocycles. The lowest BCUT2D eigenvalue weighted by Gasteiger charge is -2.09. The fourth-order valence-electron chi connectivity index (χ4n) is 2.34. The second-order valence-corrected chi connectivity index (χ2v) is 4.72. The molecular weight excluding hydrogens is 249 g/mol. The molecule has 3 rings (SSSR count). The van der Waals surface area contributed by atoms with Gasteiger partial charge in [-0.15, -0.1) is 0 Å². The minimum atomic E-state index is -0.197. The first-order valence-electron chi connectivity index (χ1n) is 6.52. The predicted octanol–water partition coefficient (Wildman–Crippen LogP) is 4.86. The average Bonchev–Trinajstić information content (AvgIpc) is 2.48. The van der Waals surface area contributed by atoms with Crippen LogP contribution < -0.4 is 0 Å². The third kappa shape index (κ3) is 2.32. The molecular formula is C18H14FN. The predicted molar refractivity (Wildman–Crippen MR) is 79.8 cm³/mol. The van der Waals surface area contributed by atoms with E-state index in [1.54, 1.807) is 18.3 Å². The molecule has 2 aromatic carbocycles. The van der Waals surface area contributed by atoms with Gasteiger partial charge in [0.15, 0.2) is 0 Å². The Kier molecular flexibility index (Phi) is 3.30. The van der Waals surface area contributed by atoms with Crippen molar-refractivity contribution < 1.29 is 4.39 Å². The van der Waals surface area contributed by atoms with Crippen molar-refractivity contribution in [2.24, 2.45) is 0 Å². The molecule has 3 aromatic rings. The zero-order valence-electron chi connectivity index (χ0n) is 11.2. The van der Waals surface area contributed by atoms with Gasteiger partial charge in [0, 0.05) is 17.3 Å². The van der Waals surface area contributed by atoms with Crippen LogP contribution in [0.2, 0.25) is 0 Å². The fraction of sp³-hybridized carbons (Fsp3) is 0.0556. The minimum absolute atomic E-state index is 0.197. The van der Waals surface area contributed by atoms with Gasteiger partial charge < -0.3 is 0 Å². The molecule has 2 heteroatoms. The molecule has 0 N–H and O–H groups in total. The SMILES string of the molecule is Cc1cc(-c2ccccc2F)ccc1-c1ccccn1. The van der Waals surface area contributed by atoms with E-state index in [1.807, 2.05) is 49.4 Å². The van der Waals surface area contributed by atoms with Crippen LogP contribution in [0.5, 0.6) is 0 Å². The number of hydrogen-bond acceptors (Lipinski definition) is 1. The molecule has 1 nitrogen and oxygen atoms in total. The first kappa shape index (κ1) is 12.5. The molecule has 1 heterocycles. The Labute approximate surface area is 117 Å². The van der Waals surface area contributed by atoms with Crippen molar-refractivity contribution in [1.29, 1.82) is 0 Å². The number of pyridine rings is 1. The molecule has 0 radical (unpaired) electrons. The highest BCUT2D eigenvalue weighted by Gasteiger charge is 2.07. The molecule has 0 aliphatic carbocycles. The smallest absolute Gasteiger partial charge is 0.131 e. The van der Waals surface area contributed by atoms with E-state index in [9.17, 15) is 4.39 Å². The van der Waals surface area contributed by atoms with Crippen LogP contribution in [0.25, 0.3) is 22.4 Å². The van der Waals surface area contributed by atoms with Gasteiger partial charge in [-0.3, -0.25) is 4.98 Å². The molecule has 0 fully saturated rings. The molecule has 1 aromatic heterocycles. The molecule has 0 saturated carbocycles. The molecule has 0 spiro atoms. The summed E-state index contributed by atoms with van der Waals surface area (Å²) in [6.45, 7) is 2.02. The molecule has 0 bridgehead atoms. The Balaban J connectivity index is 2.07. The van der Waals surface area contributed by atoms with Crippen LogP contribution in [-0.2, 0) is 0 Å². The van der Waals surface area contributed by atoms with Crippen LogP contribution in [0.15, 0.2) is 66.9 Å². The largest absolute Gasteiger partial charge is 0.256 e. The van der Waals surface area contributed by atoms with Crippen LogP contribution in [0, 0.1) is 12.7 Å². The maximum Gasteiger partial charge on any atom is 0.131 e. The summed E-state index contributed by atoms with van der Waals surface area (Å²) < 4.78 is 13.8. The van der Waals surface area contributed by atoms with Gasteiger partial charge in [-0.2, -0.15) is 0 Å². The fourth-order valence-corrected chi connectivity index (χ4v) is 2.34. The van der Waals surface area contributed by atoms with Gasteiger partial charge in [-0.25, -0.2) is 4.39 Å². The van der Waals surface area contributed by atoms with Gasteiger partial charge in [0.25, 0.3) is 0 Å².